The first kappa shape index (κ1) is 15.2. The van der Waals surface area contributed by atoms with Crippen LogP contribution >= 0.6 is 0 Å². The normalized spacial score (nSPS) is 10.7. The van der Waals surface area contributed by atoms with E-state index in [9.17, 15) is 13.2 Å². The Morgan fingerprint density at radius 3 is 2.63 bits per heavy atom. The van der Waals surface area contributed by atoms with Gasteiger partial charge in [-0.05, 0) is 25.0 Å². The van der Waals surface area contributed by atoms with Crippen molar-refractivity contribution in [1.29, 1.82) is 0 Å². The first-order chi connectivity index (χ1) is 8.95. The maximum atomic E-state index is 11.7. The summed E-state index contributed by atoms with van der Waals surface area (Å²) in [5.74, 6) is 2.24. The van der Waals surface area contributed by atoms with Crippen LogP contribution in [0.15, 0.2) is 29.2 Å². The van der Waals surface area contributed by atoms with Gasteiger partial charge in [0.2, 0.25) is 15.9 Å². The summed E-state index contributed by atoms with van der Waals surface area (Å²) in [7, 11) is -3.85. The maximum Gasteiger partial charge on any atom is 0.240 e. The number of carbonyl (C=O) groups excluding carboxylic acids is 1. The van der Waals surface area contributed by atoms with Crippen LogP contribution in [0.4, 0.5) is 5.69 Å². The van der Waals surface area contributed by atoms with E-state index in [1.807, 2.05) is 0 Å². The van der Waals surface area contributed by atoms with Gasteiger partial charge in [0.1, 0.15) is 4.90 Å². The Kier molecular flexibility index (Phi) is 5.55. The number of benzene rings is 1. The predicted molar refractivity (Wildman–Crippen MR) is 73.7 cm³/mol. The molecule has 1 aromatic rings. The zero-order valence-corrected chi connectivity index (χ0v) is 11.2. The van der Waals surface area contributed by atoms with E-state index in [2.05, 4.69) is 11.2 Å². The van der Waals surface area contributed by atoms with Gasteiger partial charge in [0.05, 0.1) is 5.69 Å². The van der Waals surface area contributed by atoms with Gasteiger partial charge in [-0.25, -0.2) is 13.6 Å². The van der Waals surface area contributed by atoms with E-state index in [1.165, 1.54) is 12.1 Å². The number of amides is 1. The number of nitrogens with one attached hydrogen (secondary N) is 1. The van der Waals surface area contributed by atoms with E-state index in [0.29, 0.717) is 19.3 Å². The molecule has 0 radical (unpaired) electrons. The lowest BCUT2D eigenvalue weighted by molar-refractivity contribution is -0.116. The number of anilines is 1. The number of para-hydroxylation sites is 1. The van der Waals surface area contributed by atoms with E-state index >= 15 is 0 Å². The fourth-order valence-corrected chi connectivity index (χ4v) is 2.24. The van der Waals surface area contributed by atoms with Crippen molar-refractivity contribution >= 4 is 21.6 Å². The highest BCUT2D eigenvalue weighted by Gasteiger charge is 2.14. The molecule has 0 bridgehead atoms. The van der Waals surface area contributed by atoms with E-state index in [1.54, 1.807) is 12.1 Å². The van der Waals surface area contributed by atoms with Gasteiger partial charge in [-0.15, -0.1) is 12.3 Å². The minimum absolute atomic E-state index is 0.0908. The van der Waals surface area contributed by atoms with Crippen LogP contribution in [0.1, 0.15) is 25.7 Å². The molecule has 0 fully saturated rings. The summed E-state index contributed by atoms with van der Waals surface area (Å²) in [5.41, 5.74) is 0.201. The molecule has 1 aromatic carbocycles. The fourth-order valence-electron chi connectivity index (χ4n) is 1.54. The van der Waals surface area contributed by atoms with Crippen LogP contribution in [-0.4, -0.2) is 14.3 Å². The highest BCUT2D eigenvalue weighted by molar-refractivity contribution is 7.89. The molecule has 0 saturated heterocycles. The molecule has 19 heavy (non-hydrogen) atoms. The molecule has 102 valence electrons. The van der Waals surface area contributed by atoms with E-state index in [-0.39, 0.29) is 16.5 Å². The summed E-state index contributed by atoms with van der Waals surface area (Å²) < 4.78 is 22.7. The summed E-state index contributed by atoms with van der Waals surface area (Å²) in [5, 5.41) is 7.62. The van der Waals surface area contributed by atoms with Crippen molar-refractivity contribution < 1.29 is 13.2 Å². The number of hydrogen-bond acceptors (Lipinski definition) is 3. The lowest BCUT2D eigenvalue weighted by Gasteiger charge is -2.09. The third-order valence-electron chi connectivity index (χ3n) is 2.44. The molecule has 6 heteroatoms. The maximum absolute atomic E-state index is 11.7. The molecule has 0 aliphatic rings. The van der Waals surface area contributed by atoms with Crippen molar-refractivity contribution in [2.24, 2.45) is 5.14 Å². The van der Waals surface area contributed by atoms with Gasteiger partial charge in [0.15, 0.2) is 0 Å². The second-order valence-electron chi connectivity index (χ2n) is 4.00. The van der Waals surface area contributed by atoms with Crippen LogP contribution in [0, 0.1) is 12.3 Å². The molecule has 0 aromatic heterocycles. The molecule has 1 amide bonds. The zero-order valence-electron chi connectivity index (χ0n) is 10.4. The third kappa shape index (κ3) is 5.12. The van der Waals surface area contributed by atoms with Gasteiger partial charge in [-0.1, -0.05) is 12.1 Å². The standard InChI is InChI=1S/C13H16N2O3S/c1-2-3-4-5-10-13(16)15-11-8-6-7-9-12(11)19(14,17)18/h1,6-9H,3-5,10H2,(H,15,16)(H2,14,17,18). The van der Waals surface area contributed by atoms with Gasteiger partial charge in [0, 0.05) is 12.8 Å². The van der Waals surface area contributed by atoms with Crippen molar-refractivity contribution in [2.45, 2.75) is 30.6 Å². The quantitative estimate of drug-likeness (QED) is 0.610. The van der Waals surface area contributed by atoms with Gasteiger partial charge < -0.3 is 5.32 Å². The summed E-state index contributed by atoms with van der Waals surface area (Å²) >= 11 is 0. The Labute approximate surface area is 113 Å². The Bertz CT molecular complexity index is 588. The van der Waals surface area contributed by atoms with E-state index < -0.39 is 10.0 Å². The summed E-state index contributed by atoms with van der Waals surface area (Å²) in [6.45, 7) is 0. The number of terminal acetylenes is 1. The number of unbranched alkanes of at least 4 members (excludes halogenated alkanes) is 2. The molecule has 0 aliphatic heterocycles. The van der Waals surface area contributed by atoms with Crippen molar-refractivity contribution in [1.82, 2.24) is 0 Å². The molecular formula is C13H16N2O3S. The monoisotopic (exact) mass is 280 g/mol. The lowest BCUT2D eigenvalue weighted by atomic mass is 10.2. The molecule has 1 rings (SSSR count). The molecule has 0 unspecified atom stereocenters. The summed E-state index contributed by atoms with van der Waals surface area (Å²) in [6, 6.07) is 6.02. The second-order valence-corrected chi connectivity index (χ2v) is 5.53. The fraction of sp³-hybridized carbons (Fsp3) is 0.308. The average Bonchev–Trinajstić information content (AvgIpc) is 2.34. The van der Waals surface area contributed by atoms with Crippen molar-refractivity contribution in [3.63, 3.8) is 0 Å². The van der Waals surface area contributed by atoms with Crippen LogP contribution in [0.2, 0.25) is 0 Å². The van der Waals surface area contributed by atoms with Crippen LogP contribution < -0.4 is 10.5 Å². The highest BCUT2D eigenvalue weighted by atomic mass is 32.2. The van der Waals surface area contributed by atoms with Gasteiger partial charge in [-0.3, -0.25) is 4.79 Å². The Morgan fingerprint density at radius 2 is 2.00 bits per heavy atom. The summed E-state index contributed by atoms with van der Waals surface area (Å²) in [4.78, 5) is 11.6. The number of hydrogen-bond donors (Lipinski definition) is 2. The van der Waals surface area contributed by atoms with Gasteiger partial charge in [0.25, 0.3) is 0 Å². The molecular weight excluding hydrogens is 264 g/mol. The number of sulfonamides is 1. The largest absolute Gasteiger partial charge is 0.325 e. The SMILES string of the molecule is C#CCCCCC(=O)Nc1ccccc1S(N)(=O)=O. The number of rotatable bonds is 6. The highest BCUT2D eigenvalue weighted by Crippen LogP contribution is 2.19. The molecule has 0 spiro atoms. The molecule has 5 nitrogen and oxygen atoms in total. The molecule has 0 saturated carbocycles. The topological polar surface area (TPSA) is 89.3 Å². The van der Waals surface area contributed by atoms with Crippen LogP contribution in [0.3, 0.4) is 0 Å². The molecule has 0 aliphatic carbocycles. The smallest absolute Gasteiger partial charge is 0.240 e. The first-order valence-corrected chi connectivity index (χ1v) is 7.35. The minimum atomic E-state index is -3.85. The average molecular weight is 280 g/mol. The molecule has 0 atom stereocenters. The van der Waals surface area contributed by atoms with Crippen molar-refractivity contribution in [3.05, 3.63) is 24.3 Å². The third-order valence-corrected chi connectivity index (χ3v) is 3.41. The molecule has 0 heterocycles. The van der Waals surface area contributed by atoms with E-state index in [0.717, 1.165) is 6.42 Å². The first-order valence-electron chi connectivity index (χ1n) is 5.80. The zero-order chi connectivity index (χ0) is 14.3. The van der Waals surface area contributed by atoms with Crippen molar-refractivity contribution in [2.75, 3.05) is 5.32 Å². The number of nitrogens with two attached hydrogens (primary N) is 1. The Morgan fingerprint density at radius 1 is 1.32 bits per heavy atom. The predicted octanol–water partition coefficient (Wildman–Crippen LogP) is 1.47. The summed E-state index contributed by atoms with van der Waals surface area (Å²) in [6.07, 6.45) is 7.45. The second kappa shape index (κ2) is 6.92. The van der Waals surface area contributed by atoms with Gasteiger partial charge >= 0.3 is 0 Å². The number of carbonyl (C=O) groups is 1. The van der Waals surface area contributed by atoms with Crippen LogP contribution in [-0.2, 0) is 14.8 Å². The van der Waals surface area contributed by atoms with Crippen LogP contribution in [0.25, 0.3) is 0 Å². The lowest BCUT2D eigenvalue weighted by Crippen LogP contribution is -2.18. The number of primary sulfonamides is 1. The molecule has 3 N–H and O–H groups in total. The van der Waals surface area contributed by atoms with E-state index in [4.69, 9.17) is 11.6 Å². The Hall–Kier alpha value is -1.84. The minimum Gasteiger partial charge on any atom is -0.325 e. The Balaban J connectivity index is 2.68. The van der Waals surface area contributed by atoms with Gasteiger partial charge in [-0.2, -0.15) is 0 Å². The van der Waals surface area contributed by atoms with Crippen molar-refractivity contribution in [3.8, 4) is 12.3 Å². The van der Waals surface area contributed by atoms with Crippen LogP contribution in [0.5, 0.6) is 0 Å².